The summed E-state index contributed by atoms with van der Waals surface area (Å²) in [6, 6.07) is 6.56. The first-order valence-corrected chi connectivity index (χ1v) is 14.7. The third-order valence-corrected chi connectivity index (χ3v) is 8.20. The van der Waals surface area contributed by atoms with E-state index in [4.69, 9.17) is 23.2 Å². The number of aromatic nitrogens is 2. The maximum absolute atomic E-state index is 13.5. The SMILES string of the molecule is CC(C)(C)c1nc(N2CCN(CCCCNC(=O)N3CCN(c4cccc(Cl)c4Cl)CC3)CC2)cc(C(F)(F)F)n1. The first-order chi connectivity index (χ1) is 19.3. The molecule has 8 nitrogen and oxygen atoms in total. The van der Waals surface area contributed by atoms with E-state index < -0.39 is 17.3 Å². The molecule has 226 valence electrons. The van der Waals surface area contributed by atoms with Crippen molar-refractivity contribution in [3.63, 3.8) is 0 Å². The molecule has 2 amide bonds. The molecule has 2 aromatic rings. The van der Waals surface area contributed by atoms with Crippen molar-refractivity contribution >= 4 is 40.7 Å². The molecular formula is C28H38Cl2F3N7O. The highest BCUT2D eigenvalue weighted by molar-refractivity contribution is 6.43. The molecule has 4 rings (SSSR count). The van der Waals surface area contributed by atoms with Gasteiger partial charge in [0.25, 0.3) is 0 Å². The molecule has 2 aliphatic heterocycles. The number of alkyl halides is 3. The van der Waals surface area contributed by atoms with E-state index in [-0.39, 0.29) is 11.9 Å². The van der Waals surface area contributed by atoms with Crippen molar-refractivity contribution in [1.29, 1.82) is 0 Å². The standard InChI is InChI=1S/C28H38Cl2F3N7O/c1-27(2,3)25-35-22(28(31,32)33)19-23(36-25)39-13-11-37(12-14-39)10-5-4-9-34-26(41)40-17-15-38(16-18-40)21-8-6-7-20(29)24(21)30/h6-8,19H,4-5,9-18H2,1-3H3,(H,34,41). The summed E-state index contributed by atoms with van der Waals surface area (Å²) in [5, 5.41) is 4.07. The monoisotopic (exact) mass is 615 g/mol. The van der Waals surface area contributed by atoms with Crippen LogP contribution < -0.4 is 15.1 Å². The number of rotatable bonds is 7. The van der Waals surface area contributed by atoms with Gasteiger partial charge in [0.2, 0.25) is 0 Å². The van der Waals surface area contributed by atoms with E-state index in [1.807, 2.05) is 42.7 Å². The van der Waals surface area contributed by atoms with E-state index in [1.54, 1.807) is 6.07 Å². The van der Waals surface area contributed by atoms with Gasteiger partial charge >= 0.3 is 12.2 Å². The number of carbonyl (C=O) groups excluding carboxylic acids is 1. The third-order valence-electron chi connectivity index (χ3n) is 7.39. The number of anilines is 2. The Morgan fingerprint density at radius 2 is 1.59 bits per heavy atom. The molecule has 2 fully saturated rings. The number of urea groups is 1. The zero-order valence-electron chi connectivity index (χ0n) is 23.8. The summed E-state index contributed by atoms with van der Waals surface area (Å²) in [6.07, 6.45) is -2.75. The Balaban J connectivity index is 1.15. The maximum Gasteiger partial charge on any atom is 0.433 e. The van der Waals surface area contributed by atoms with Crippen LogP contribution in [0.15, 0.2) is 24.3 Å². The summed E-state index contributed by atoms with van der Waals surface area (Å²) in [7, 11) is 0. The van der Waals surface area contributed by atoms with Crippen molar-refractivity contribution in [2.45, 2.75) is 45.2 Å². The van der Waals surface area contributed by atoms with Crippen LogP contribution in [0, 0.1) is 0 Å². The Kier molecular flexibility index (Phi) is 10.1. The summed E-state index contributed by atoms with van der Waals surface area (Å²) < 4.78 is 40.4. The number of hydrogen-bond donors (Lipinski definition) is 1. The fourth-order valence-electron chi connectivity index (χ4n) is 4.93. The van der Waals surface area contributed by atoms with Gasteiger partial charge in [-0.15, -0.1) is 0 Å². The van der Waals surface area contributed by atoms with Crippen LogP contribution in [0.25, 0.3) is 0 Å². The minimum absolute atomic E-state index is 0.0619. The zero-order chi connectivity index (χ0) is 29.8. The number of carbonyl (C=O) groups is 1. The quantitative estimate of drug-likeness (QED) is 0.413. The van der Waals surface area contributed by atoms with Crippen molar-refractivity contribution in [2.75, 3.05) is 75.2 Å². The van der Waals surface area contributed by atoms with E-state index in [2.05, 4.69) is 25.1 Å². The molecule has 0 unspecified atom stereocenters. The smallest absolute Gasteiger partial charge is 0.367 e. The number of nitrogens with zero attached hydrogens (tertiary/aromatic N) is 6. The fraction of sp³-hybridized carbons (Fsp3) is 0.607. The van der Waals surface area contributed by atoms with Gasteiger partial charge in [-0.1, -0.05) is 50.0 Å². The van der Waals surface area contributed by atoms with E-state index >= 15 is 0 Å². The highest BCUT2D eigenvalue weighted by Crippen LogP contribution is 2.33. The first kappa shape index (κ1) is 31.4. The highest BCUT2D eigenvalue weighted by Gasteiger charge is 2.36. The van der Waals surface area contributed by atoms with Crippen molar-refractivity contribution in [3.05, 3.63) is 45.8 Å². The summed E-state index contributed by atoms with van der Waals surface area (Å²) in [5.74, 6) is 0.523. The molecule has 0 atom stereocenters. The Labute approximate surface area is 249 Å². The van der Waals surface area contributed by atoms with E-state index in [0.29, 0.717) is 61.7 Å². The fourth-order valence-corrected chi connectivity index (χ4v) is 5.35. The number of halogens is 5. The topological polar surface area (TPSA) is 67.8 Å². The number of piperazine rings is 2. The zero-order valence-corrected chi connectivity index (χ0v) is 25.3. The first-order valence-electron chi connectivity index (χ1n) is 14.0. The molecule has 1 aromatic heterocycles. The number of amides is 2. The molecule has 0 saturated carbocycles. The van der Waals surface area contributed by atoms with E-state index in [9.17, 15) is 18.0 Å². The average molecular weight is 617 g/mol. The van der Waals surface area contributed by atoms with Gasteiger partial charge in [-0.3, -0.25) is 4.90 Å². The maximum atomic E-state index is 13.5. The van der Waals surface area contributed by atoms with Crippen LogP contribution in [0.2, 0.25) is 10.0 Å². The summed E-state index contributed by atoms with van der Waals surface area (Å²) in [5.41, 5.74) is -0.602. The largest absolute Gasteiger partial charge is 0.433 e. The molecule has 3 heterocycles. The molecule has 1 N–H and O–H groups in total. The summed E-state index contributed by atoms with van der Waals surface area (Å²) >= 11 is 12.5. The molecular weight excluding hydrogens is 578 g/mol. The van der Waals surface area contributed by atoms with Gasteiger partial charge in [-0.2, -0.15) is 13.2 Å². The number of nitrogens with one attached hydrogen (secondary N) is 1. The second kappa shape index (κ2) is 13.2. The van der Waals surface area contributed by atoms with Crippen LogP contribution >= 0.6 is 23.2 Å². The lowest BCUT2D eigenvalue weighted by Gasteiger charge is -2.36. The predicted octanol–water partition coefficient (Wildman–Crippen LogP) is 5.53. The Morgan fingerprint density at radius 1 is 0.927 bits per heavy atom. The van der Waals surface area contributed by atoms with Gasteiger partial charge in [0.05, 0.1) is 15.7 Å². The number of benzene rings is 1. The summed E-state index contributed by atoms with van der Waals surface area (Å²) in [6.45, 7) is 12.1. The second-order valence-corrected chi connectivity index (χ2v) is 12.3. The Bertz CT molecular complexity index is 1160. The van der Waals surface area contributed by atoms with Crippen molar-refractivity contribution in [1.82, 2.24) is 25.1 Å². The van der Waals surface area contributed by atoms with Crippen LogP contribution in [0.4, 0.5) is 29.5 Å². The molecule has 0 bridgehead atoms. The minimum Gasteiger partial charge on any atom is -0.367 e. The lowest BCUT2D eigenvalue weighted by Crippen LogP contribution is -2.52. The molecule has 1 aromatic carbocycles. The third kappa shape index (κ3) is 8.29. The van der Waals surface area contributed by atoms with Crippen molar-refractivity contribution < 1.29 is 18.0 Å². The molecule has 0 aliphatic carbocycles. The van der Waals surface area contributed by atoms with Crippen LogP contribution in [-0.4, -0.2) is 91.2 Å². The molecule has 0 radical (unpaired) electrons. The Hall–Kier alpha value is -2.50. The molecule has 41 heavy (non-hydrogen) atoms. The molecule has 2 saturated heterocycles. The number of hydrogen-bond acceptors (Lipinski definition) is 6. The Morgan fingerprint density at radius 3 is 2.22 bits per heavy atom. The van der Waals surface area contributed by atoms with Gasteiger partial charge in [0, 0.05) is 70.4 Å². The van der Waals surface area contributed by atoms with Crippen LogP contribution in [-0.2, 0) is 11.6 Å². The van der Waals surface area contributed by atoms with Crippen LogP contribution in [0.1, 0.15) is 45.1 Å². The summed E-state index contributed by atoms with van der Waals surface area (Å²) in [4.78, 5) is 29.0. The molecule has 13 heteroatoms. The highest BCUT2D eigenvalue weighted by atomic mass is 35.5. The molecule has 0 spiro atoms. The van der Waals surface area contributed by atoms with Crippen LogP contribution in [0.3, 0.4) is 0 Å². The predicted molar refractivity (Wildman–Crippen MR) is 157 cm³/mol. The van der Waals surface area contributed by atoms with Gasteiger partial charge in [-0.25, -0.2) is 14.8 Å². The molecule has 2 aliphatic rings. The van der Waals surface area contributed by atoms with Gasteiger partial charge in [-0.05, 0) is 31.5 Å². The van der Waals surface area contributed by atoms with E-state index in [1.165, 1.54) is 0 Å². The second-order valence-electron chi connectivity index (χ2n) is 11.5. The van der Waals surface area contributed by atoms with E-state index in [0.717, 1.165) is 44.2 Å². The van der Waals surface area contributed by atoms with Gasteiger partial charge in [0.15, 0.2) is 0 Å². The van der Waals surface area contributed by atoms with Crippen molar-refractivity contribution in [3.8, 4) is 0 Å². The van der Waals surface area contributed by atoms with Crippen LogP contribution in [0.5, 0.6) is 0 Å². The lowest BCUT2D eigenvalue weighted by atomic mass is 9.95. The van der Waals surface area contributed by atoms with Gasteiger partial charge < -0.3 is 20.0 Å². The number of unbranched alkanes of at least 4 members (excludes halogenated alkanes) is 1. The van der Waals surface area contributed by atoms with Crippen molar-refractivity contribution in [2.24, 2.45) is 0 Å². The minimum atomic E-state index is -4.52. The normalized spacial score (nSPS) is 17.2. The lowest BCUT2D eigenvalue weighted by molar-refractivity contribution is -0.141. The van der Waals surface area contributed by atoms with Gasteiger partial charge in [0.1, 0.15) is 17.3 Å². The average Bonchev–Trinajstić information content (AvgIpc) is 2.93.